The van der Waals surface area contributed by atoms with Crippen LogP contribution in [0.15, 0.2) is 34.9 Å². The van der Waals surface area contributed by atoms with Crippen LogP contribution in [0.4, 0.5) is 0 Å². The third-order valence-electron chi connectivity index (χ3n) is 3.93. The van der Waals surface area contributed by atoms with Crippen LogP contribution in [0.25, 0.3) is 0 Å². The number of ether oxygens (including phenoxy) is 1. The average molecular weight is 329 g/mol. The molecule has 3 rings (SSSR count). The molecule has 3 heterocycles. The van der Waals surface area contributed by atoms with Crippen LogP contribution in [0.3, 0.4) is 0 Å². The molecule has 0 saturated carbocycles. The number of nitrogens with zero attached hydrogens (tertiary/aromatic N) is 3. The Kier molecular flexibility index (Phi) is 4.43. The number of hydrazone groups is 1. The molecule has 2 aromatic rings. The number of aromatic nitrogens is 1. The van der Waals surface area contributed by atoms with Gasteiger partial charge in [-0.2, -0.15) is 5.10 Å². The van der Waals surface area contributed by atoms with Gasteiger partial charge in [0.2, 0.25) is 5.91 Å². The minimum absolute atomic E-state index is 0.0110. The van der Waals surface area contributed by atoms with E-state index in [9.17, 15) is 4.79 Å². The number of carbonyl (C=O) groups excluding carboxylic acids is 1. The lowest BCUT2D eigenvalue weighted by molar-refractivity contribution is -0.132. The number of aryl methyl sites for hydroxylation is 1. The van der Waals surface area contributed by atoms with E-state index in [2.05, 4.69) is 28.5 Å². The Balaban J connectivity index is 1.93. The van der Waals surface area contributed by atoms with Crippen molar-refractivity contribution in [2.24, 2.45) is 5.10 Å². The first kappa shape index (κ1) is 15.7. The first-order valence-corrected chi connectivity index (χ1v) is 8.46. The maximum absolute atomic E-state index is 12.3. The van der Waals surface area contributed by atoms with E-state index >= 15 is 0 Å². The summed E-state index contributed by atoms with van der Waals surface area (Å²) in [6.07, 6.45) is 2.79. The van der Waals surface area contributed by atoms with Crippen molar-refractivity contribution in [1.29, 1.82) is 0 Å². The number of methoxy groups -OCH3 is 1. The normalized spacial score (nSPS) is 17.3. The van der Waals surface area contributed by atoms with Crippen LogP contribution in [-0.4, -0.2) is 28.7 Å². The first-order valence-electron chi connectivity index (χ1n) is 7.58. The van der Waals surface area contributed by atoms with E-state index in [1.807, 2.05) is 19.1 Å². The summed E-state index contributed by atoms with van der Waals surface area (Å²) < 4.78 is 5.15. The summed E-state index contributed by atoms with van der Waals surface area (Å²) in [5.74, 6) is 0.715. The zero-order valence-corrected chi connectivity index (χ0v) is 14.3. The molecule has 2 aromatic heterocycles. The molecule has 0 N–H and O–H groups in total. The van der Waals surface area contributed by atoms with Gasteiger partial charge in [0, 0.05) is 12.8 Å². The molecule has 6 heteroatoms. The van der Waals surface area contributed by atoms with E-state index in [-0.39, 0.29) is 11.9 Å². The summed E-state index contributed by atoms with van der Waals surface area (Å²) >= 11 is 1.66. The molecule has 1 aliphatic heterocycles. The van der Waals surface area contributed by atoms with Crippen molar-refractivity contribution >= 4 is 23.0 Å². The molecule has 1 atom stereocenters. The molecule has 1 amide bonds. The van der Waals surface area contributed by atoms with Crippen molar-refractivity contribution in [3.8, 4) is 5.75 Å². The second-order valence-corrected chi connectivity index (χ2v) is 6.33. The monoisotopic (exact) mass is 329 g/mol. The maximum Gasteiger partial charge on any atom is 0.243 e. The lowest BCUT2D eigenvalue weighted by Gasteiger charge is -2.20. The van der Waals surface area contributed by atoms with Gasteiger partial charge in [0.05, 0.1) is 29.6 Å². The van der Waals surface area contributed by atoms with Gasteiger partial charge in [0.15, 0.2) is 0 Å². The fourth-order valence-corrected chi connectivity index (χ4v) is 3.57. The molecule has 0 fully saturated rings. The smallest absolute Gasteiger partial charge is 0.243 e. The maximum atomic E-state index is 12.3. The van der Waals surface area contributed by atoms with E-state index < -0.39 is 0 Å². The topological polar surface area (TPSA) is 54.8 Å². The van der Waals surface area contributed by atoms with Gasteiger partial charge in [0.1, 0.15) is 11.8 Å². The van der Waals surface area contributed by atoms with E-state index in [1.54, 1.807) is 29.7 Å². The summed E-state index contributed by atoms with van der Waals surface area (Å²) in [4.78, 5) is 17.9. The van der Waals surface area contributed by atoms with Crippen molar-refractivity contribution in [1.82, 2.24) is 9.99 Å². The Bertz CT molecular complexity index is 737. The van der Waals surface area contributed by atoms with Gasteiger partial charge >= 0.3 is 0 Å². The molecule has 0 aliphatic carbocycles. The summed E-state index contributed by atoms with van der Waals surface area (Å²) in [5, 5.41) is 8.24. The largest absolute Gasteiger partial charge is 0.495 e. The number of amides is 1. The molecule has 1 unspecified atom stereocenters. The molecule has 120 valence electrons. The van der Waals surface area contributed by atoms with Crippen molar-refractivity contribution < 1.29 is 9.53 Å². The fourth-order valence-electron chi connectivity index (χ4n) is 2.65. The van der Waals surface area contributed by atoms with Gasteiger partial charge in [-0.15, -0.1) is 11.3 Å². The molecule has 1 aliphatic rings. The molecule has 5 nitrogen and oxygen atoms in total. The molecule has 0 aromatic carbocycles. The third kappa shape index (κ3) is 2.99. The molecular weight excluding hydrogens is 310 g/mol. The summed E-state index contributed by atoms with van der Waals surface area (Å²) in [5.41, 5.74) is 2.99. The van der Waals surface area contributed by atoms with Crippen molar-refractivity contribution in [2.75, 3.05) is 7.11 Å². The van der Waals surface area contributed by atoms with Gasteiger partial charge in [0.25, 0.3) is 0 Å². The highest BCUT2D eigenvalue weighted by atomic mass is 32.1. The van der Waals surface area contributed by atoms with Crippen LogP contribution in [0.2, 0.25) is 0 Å². The van der Waals surface area contributed by atoms with Crippen LogP contribution in [0.5, 0.6) is 5.75 Å². The standard InChI is InChI=1S/C17H19N3O2S/c1-4-16(21)20-15(13-6-5-12(22-3)10-18-13)9-14(19-20)17-11(2)7-8-23-17/h5-8,10,15H,4,9H2,1-3H3. The number of carbonyl (C=O) groups is 1. The molecular formula is C17H19N3O2S. The van der Waals surface area contributed by atoms with Gasteiger partial charge < -0.3 is 4.74 Å². The van der Waals surface area contributed by atoms with Crippen LogP contribution in [-0.2, 0) is 4.79 Å². The zero-order valence-electron chi connectivity index (χ0n) is 13.4. The second kappa shape index (κ2) is 6.50. The summed E-state index contributed by atoms with van der Waals surface area (Å²) in [6.45, 7) is 3.92. The van der Waals surface area contributed by atoms with Crippen LogP contribution in [0.1, 0.15) is 41.9 Å². The van der Waals surface area contributed by atoms with Crippen molar-refractivity contribution in [3.05, 3.63) is 45.9 Å². The van der Waals surface area contributed by atoms with Crippen molar-refractivity contribution in [3.63, 3.8) is 0 Å². The zero-order chi connectivity index (χ0) is 16.4. The first-order chi connectivity index (χ1) is 11.1. The van der Waals surface area contributed by atoms with Gasteiger partial charge in [-0.1, -0.05) is 6.92 Å². The van der Waals surface area contributed by atoms with E-state index in [4.69, 9.17) is 4.74 Å². The minimum atomic E-state index is -0.148. The number of thiophene rings is 1. The highest BCUT2D eigenvalue weighted by molar-refractivity contribution is 7.12. The predicted octanol–water partition coefficient (Wildman–Crippen LogP) is 3.55. The van der Waals surface area contributed by atoms with E-state index in [1.165, 1.54) is 5.56 Å². The average Bonchev–Trinajstić information content (AvgIpc) is 3.20. The van der Waals surface area contributed by atoms with Crippen LogP contribution in [0, 0.1) is 6.92 Å². The Labute approximate surface area is 139 Å². The van der Waals surface area contributed by atoms with E-state index in [0.717, 1.165) is 16.3 Å². The Morgan fingerprint density at radius 3 is 2.83 bits per heavy atom. The Hall–Kier alpha value is -2.21. The van der Waals surface area contributed by atoms with Gasteiger partial charge in [-0.3, -0.25) is 9.78 Å². The quantitative estimate of drug-likeness (QED) is 0.862. The van der Waals surface area contributed by atoms with Crippen LogP contribution < -0.4 is 4.74 Å². The molecule has 0 saturated heterocycles. The predicted molar refractivity (Wildman–Crippen MR) is 90.9 cm³/mol. The van der Waals surface area contributed by atoms with Gasteiger partial charge in [-0.25, -0.2) is 5.01 Å². The SMILES string of the molecule is CCC(=O)N1N=C(c2sccc2C)CC1c1ccc(OC)cn1. The molecule has 0 spiro atoms. The highest BCUT2D eigenvalue weighted by Crippen LogP contribution is 2.34. The molecule has 23 heavy (non-hydrogen) atoms. The third-order valence-corrected chi connectivity index (χ3v) is 4.99. The van der Waals surface area contributed by atoms with E-state index in [0.29, 0.717) is 18.6 Å². The number of pyridine rings is 1. The Morgan fingerprint density at radius 1 is 1.43 bits per heavy atom. The van der Waals surface area contributed by atoms with Crippen LogP contribution >= 0.6 is 11.3 Å². The number of hydrogen-bond acceptors (Lipinski definition) is 5. The lowest BCUT2D eigenvalue weighted by atomic mass is 10.0. The van der Waals surface area contributed by atoms with Gasteiger partial charge in [-0.05, 0) is 36.1 Å². The second-order valence-electron chi connectivity index (χ2n) is 5.41. The van der Waals surface area contributed by atoms with Crippen molar-refractivity contribution in [2.45, 2.75) is 32.7 Å². The molecule has 0 radical (unpaired) electrons. The number of hydrogen-bond donors (Lipinski definition) is 0. The summed E-state index contributed by atoms with van der Waals surface area (Å²) in [7, 11) is 1.61. The molecule has 0 bridgehead atoms. The summed E-state index contributed by atoms with van der Waals surface area (Å²) in [6, 6.07) is 5.70. The lowest BCUT2D eigenvalue weighted by Crippen LogP contribution is -2.26. The fraction of sp³-hybridized carbons (Fsp3) is 0.353. The highest BCUT2D eigenvalue weighted by Gasteiger charge is 2.34. The number of rotatable bonds is 4. The minimum Gasteiger partial charge on any atom is -0.495 e. The Morgan fingerprint density at radius 2 is 2.26 bits per heavy atom.